The van der Waals surface area contributed by atoms with Gasteiger partial charge in [0, 0.05) is 0 Å². The lowest BCUT2D eigenvalue weighted by atomic mass is 9.33. The first kappa shape index (κ1) is 55.3. The van der Waals surface area contributed by atoms with Gasteiger partial charge < -0.3 is 94.1 Å². The summed E-state index contributed by atoms with van der Waals surface area (Å²) >= 11 is 0. The second-order valence-corrected chi connectivity index (χ2v) is 25.4. The monoisotopic (exact) mass is 1030 g/mol. The highest BCUT2D eigenvalue weighted by molar-refractivity contribution is 5.79. The molecular weight excluding hydrogens is 945 g/mol. The number of aliphatic hydroxyl groups is 11. The number of hydrogen-bond donors (Lipinski definition) is 11. The first-order chi connectivity index (χ1) is 33.7. The zero-order valence-electron chi connectivity index (χ0n) is 43.1. The molecule has 0 spiro atoms. The average molecular weight is 1030 g/mol. The third kappa shape index (κ3) is 8.87. The van der Waals surface area contributed by atoms with Gasteiger partial charge >= 0.3 is 5.97 Å². The number of allylic oxidation sites excluding steroid dienone is 2. The van der Waals surface area contributed by atoms with E-state index in [2.05, 4.69) is 54.5 Å². The van der Waals surface area contributed by atoms with Crippen molar-refractivity contribution >= 4 is 5.97 Å². The van der Waals surface area contributed by atoms with Crippen LogP contribution in [0.5, 0.6) is 0 Å². The zero-order chi connectivity index (χ0) is 52.4. The molecule has 4 aliphatic heterocycles. The van der Waals surface area contributed by atoms with Gasteiger partial charge in [-0.25, -0.2) is 0 Å². The second-order valence-electron chi connectivity index (χ2n) is 25.4. The van der Waals surface area contributed by atoms with Gasteiger partial charge in [-0.05, 0) is 116 Å². The van der Waals surface area contributed by atoms with Crippen molar-refractivity contribution < 1.29 is 98.9 Å². The first-order valence-corrected chi connectivity index (χ1v) is 26.5. The van der Waals surface area contributed by atoms with Gasteiger partial charge in [-0.15, -0.1) is 0 Å². The SMILES string of the molecule is C[C@@H]1O[C@@H](O[C@H]2[C@H](OC(=O)[C@]34CCC(C)(C)C[C@H]3C3=CC[C@@H]5[C@@]6(C)CC[C@H](O[C@@H]7O[C@H](CO)[C@@H](O)[C@H](O)[C@H]7O)C(C)(C)[C@@H]6CC[C@@]5(C)[C@]3(C)CC4)OC[C@H](O)[C@@H]2O)[C@H](O)[C@H](O)[C@H]1O[C@@H]1OC[C@@H](O)[C@H](O)[C@H]1O. The molecule has 9 rings (SSSR count). The van der Waals surface area contributed by atoms with Crippen molar-refractivity contribution in [2.24, 2.45) is 50.2 Å². The molecule has 26 atom stereocenters. The molecule has 0 aromatic heterocycles. The van der Waals surface area contributed by atoms with Gasteiger partial charge in [0.05, 0.1) is 37.4 Å². The van der Waals surface area contributed by atoms with Crippen LogP contribution in [0, 0.1) is 50.2 Å². The van der Waals surface area contributed by atoms with Gasteiger partial charge in [0.15, 0.2) is 25.0 Å². The molecule has 0 aromatic carbocycles. The lowest BCUT2D eigenvalue weighted by Gasteiger charge is -2.71. The predicted octanol–water partition coefficient (Wildman–Crippen LogP) is 0.271. The van der Waals surface area contributed by atoms with Crippen LogP contribution in [0.3, 0.4) is 0 Å². The molecule has 9 aliphatic rings. The van der Waals surface area contributed by atoms with Crippen LogP contribution in [0.2, 0.25) is 0 Å². The summed E-state index contributed by atoms with van der Waals surface area (Å²) in [5.74, 6) is -0.160. The molecule has 5 aliphatic carbocycles. The van der Waals surface area contributed by atoms with E-state index >= 15 is 4.79 Å². The molecule has 4 saturated heterocycles. The third-order valence-corrected chi connectivity index (χ3v) is 20.6. The van der Waals surface area contributed by atoms with E-state index in [0.717, 1.165) is 44.9 Å². The highest BCUT2D eigenvalue weighted by Crippen LogP contribution is 2.76. The molecule has 4 heterocycles. The van der Waals surface area contributed by atoms with Crippen LogP contribution in [0.1, 0.15) is 120 Å². The number of carbonyl (C=O) groups is 1. The second kappa shape index (κ2) is 19.7. The quantitative estimate of drug-likeness (QED) is 0.0839. The highest BCUT2D eigenvalue weighted by Gasteiger charge is 2.70. The number of esters is 1. The summed E-state index contributed by atoms with van der Waals surface area (Å²) in [5, 5.41) is 117. The Balaban J connectivity index is 0.928. The van der Waals surface area contributed by atoms with Crippen molar-refractivity contribution in [2.45, 2.75) is 236 Å². The van der Waals surface area contributed by atoms with E-state index in [0.29, 0.717) is 19.3 Å². The normalized spacial score (nSPS) is 54.2. The molecule has 11 N–H and O–H groups in total. The minimum absolute atomic E-state index is 0.0958. The summed E-state index contributed by atoms with van der Waals surface area (Å²) < 4.78 is 47.8. The molecule has 20 nitrogen and oxygen atoms in total. The Labute approximate surface area is 421 Å². The molecule has 0 bridgehead atoms. The Morgan fingerprint density at radius 2 is 1.24 bits per heavy atom. The molecule has 0 amide bonds. The molecule has 412 valence electrons. The van der Waals surface area contributed by atoms with Gasteiger partial charge in [-0.3, -0.25) is 4.79 Å². The van der Waals surface area contributed by atoms with Gasteiger partial charge in [-0.1, -0.05) is 60.1 Å². The van der Waals surface area contributed by atoms with Gasteiger partial charge in [0.1, 0.15) is 73.2 Å². The minimum atomic E-state index is -1.82. The molecular formula is C52H84O20. The van der Waals surface area contributed by atoms with Crippen LogP contribution >= 0.6 is 0 Å². The summed E-state index contributed by atoms with van der Waals surface area (Å²) in [7, 11) is 0. The van der Waals surface area contributed by atoms with Crippen LogP contribution in [0.25, 0.3) is 0 Å². The lowest BCUT2D eigenvalue weighted by Crippen LogP contribution is -2.66. The number of carbonyl (C=O) groups excluding carboxylic acids is 1. The largest absolute Gasteiger partial charge is 0.432 e. The number of rotatable bonds is 9. The van der Waals surface area contributed by atoms with E-state index in [1.807, 2.05) is 0 Å². The number of aliphatic hydroxyl groups excluding tert-OH is 11. The maximum absolute atomic E-state index is 15.2. The zero-order valence-corrected chi connectivity index (χ0v) is 43.1. The van der Waals surface area contributed by atoms with Crippen LogP contribution in [-0.4, -0.2) is 199 Å². The molecule has 72 heavy (non-hydrogen) atoms. The smallest absolute Gasteiger partial charge is 0.315 e. The number of ether oxygens (including phenoxy) is 8. The van der Waals surface area contributed by atoms with E-state index in [9.17, 15) is 56.2 Å². The molecule has 8 fully saturated rings. The van der Waals surface area contributed by atoms with Crippen molar-refractivity contribution in [1.29, 1.82) is 0 Å². The topological polar surface area (TPSA) is 313 Å². The van der Waals surface area contributed by atoms with Crippen molar-refractivity contribution in [3.63, 3.8) is 0 Å². The fraction of sp³-hybridized carbons (Fsp3) is 0.942. The molecule has 0 radical (unpaired) electrons. The summed E-state index contributed by atoms with van der Waals surface area (Å²) in [4.78, 5) is 15.2. The predicted molar refractivity (Wildman–Crippen MR) is 249 cm³/mol. The fourth-order valence-corrected chi connectivity index (χ4v) is 15.9. The molecule has 20 heteroatoms. The Bertz CT molecular complexity index is 1990. The summed E-state index contributed by atoms with van der Waals surface area (Å²) in [6, 6.07) is 0. The van der Waals surface area contributed by atoms with E-state index in [-0.39, 0.29) is 64.1 Å². The molecule has 4 saturated carbocycles. The average Bonchev–Trinajstić information content (AvgIpc) is 3.32. The molecule has 0 unspecified atom stereocenters. The Morgan fingerprint density at radius 1 is 0.625 bits per heavy atom. The number of fused-ring (bicyclic) bond motifs is 7. The Morgan fingerprint density at radius 3 is 1.93 bits per heavy atom. The maximum atomic E-state index is 15.2. The van der Waals surface area contributed by atoms with Crippen molar-refractivity contribution in [3.8, 4) is 0 Å². The van der Waals surface area contributed by atoms with Crippen LogP contribution < -0.4 is 0 Å². The maximum Gasteiger partial charge on any atom is 0.315 e. The Kier molecular flexibility index (Phi) is 15.2. The van der Waals surface area contributed by atoms with E-state index < -0.39 is 129 Å². The summed E-state index contributed by atoms with van der Waals surface area (Å²) in [6.07, 6.45) is -17.0. The van der Waals surface area contributed by atoms with Crippen molar-refractivity contribution in [2.75, 3.05) is 19.8 Å². The van der Waals surface area contributed by atoms with E-state index in [4.69, 9.17) is 37.9 Å². The van der Waals surface area contributed by atoms with E-state index in [1.54, 1.807) is 0 Å². The van der Waals surface area contributed by atoms with Crippen molar-refractivity contribution in [3.05, 3.63) is 11.6 Å². The lowest BCUT2D eigenvalue weighted by molar-refractivity contribution is -0.368. The van der Waals surface area contributed by atoms with Gasteiger partial charge in [0.2, 0.25) is 6.29 Å². The summed E-state index contributed by atoms with van der Waals surface area (Å²) in [5.41, 5.74) is -0.664. The third-order valence-electron chi connectivity index (χ3n) is 20.6. The number of hydrogen-bond acceptors (Lipinski definition) is 20. The fourth-order valence-electron chi connectivity index (χ4n) is 15.9. The standard InChI is InChI=1S/C52H84O20/c1-23-40(70-42-37(61)32(56)26(54)21-65-42)36(60)39(63)43(67-23)71-41-33(57)27(55)22-66-45(41)72-46(64)52-17-15-47(2,3)19-25(52)24-9-10-30-49(6)13-12-31(69-44-38(62)35(59)34(58)28(20-53)68-44)48(4,5)29(49)11-14-51(30,8)50(24,7)16-18-52/h9,23,25-45,53-63H,10-22H2,1-8H3/t23-,25-,26+,27-,28+,29-,30+,31-,32-,33-,34+,35-,36-,37+,38+,39+,40-,41+,42-,43-,44-,45-,49-,50+,51+,52-/m0/s1. The highest BCUT2D eigenvalue weighted by atomic mass is 16.8. The van der Waals surface area contributed by atoms with E-state index in [1.165, 1.54) is 12.5 Å². The van der Waals surface area contributed by atoms with Crippen molar-refractivity contribution in [1.82, 2.24) is 0 Å². The minimum Gasteiger partial charge on any atom is -0.432 e. The first-order valence-electron chi connectivity index (χ1n) is 26.5. The van der Waals surface area contributed by atoms with Gasteiger partial charge in [0.25, 0.3) is 0 Å². The Hall–Kier alpha value is -1.51. The molecule has 0 aromatic rings. The summed E-state index contributed by atoms with van der Waals surface area (Å²) in [6.45, 7) is 16.4. The van der Waals surface area contributed by atoms with Crippen LogP contribution in [-0.2, 0) is 42.7 Å². The van der Waals surface area contributed by atoms with Gasteiger partial charge in [-0.2, -0.15) is 0 Å². The van der Waals surface area contributed by atoms with Crippen LogP contribution in [0.15, 0.2) is 11.6 Å². The van der Waals surface area contributed by atoms with Crippen LogP contribution in [0.4, 0.5) is 0 Å².